The van der Waals surface area contributed by atoms with Gasteiger partial charge in [0.25, 0.3) is 21.5 Å². The predicted molar refractivity (Wildman–Crippen MR) is 149 cm³/mol. The number of nitrogens with zero attached hydrogens (tertiary/aromatic N) is 1. The maximum absolute atomic E-state index is 13.9. The van der Waals surface area contributed by atoms with Crippen molar-refractivity contribution in [2.75, 3.05) is 11.3 Å². The summed E-state index contributed by atoms with van der Waals surface area (Å²) in [6, 6.07) is 9.05. The molecule has 2 aromatic carbocycles. The van der Waals surface area contributed by atoms with Crippen LogP contribution in [0.3, 0.4) is 0 Å². The molecule has 8 nitrogen and oxygen atoms in total. The molecule has 0 aliphatic carbocycles. The molecular formula is C27H26FN3O5S2. The SMILES string of the molecule is C=CS(=O)(=O)Nc1ccc(Oc2c(C)cc(F)cc2C)c(-c2cn(C)c(=O)c3sc(C(=O)NCC)cc23)c1. The Morgan fingerprint density at radius 3 is 2.47 bits per heavy atom. The molecule has 0 saturated heterocycles. The molecule has 0 spiro atoms. The monoisotopic (exact) mass is 555 g/mol. The maximum Gasteiger partial charge on any atom is 0.268 e. The minimum Gasteiger partial charge on any atom is -0.456 e. The third kappa shape index (κ3) is 5.34. The normalized spacial score (nSPS) is 11.4. The fourth-order valence-corrected chi connectivity index (χ4v) is 5.68. The average molecular weight is 556 g/mol. The number of ether oxygens (including phenoxy) is 1. The van der Waals surface area contributed by atoms with E-state index in [9.17, 15) is 22.4 Å². The Balaban J connectivity index is 1.99. The second kappa shape index (κ2) is 10.4. The van der Waals surface area contributed by atoms with E-state index in [0.29, 0.717) is 55.3 Å². The van der Waals surface area contributed by atoms with Gasteiger partial charge in [-0.15, -0.1) is 11.3 Å². The van der Waals surface area contributed by atoms with Gasteiger partial charge in [-0.1, -0.05) is 6.58 Å². The van der Waals surface area contributed by atoms with E-state index in [-0.39, 0.29) is 17.2 Å². The highest BCUT2D eigenvalue weighted by atomic mass is 32.2. The molecule has 38 heavy (non-hydrogen) atoms. The number of carbonyl (C=O) groups excluding carboxylic acids is 1. The number of hydrogen-bond donors (Lipinski definition) is 2. The molecule has 0 bridgehead atoms. The quantitative estimate of drug-likeness (QED) is 0.301. The molecule has 2 aromatic heterocycles. The number of aryl methyl sites for hydroxylation is 3. The molecule has 0 radical (unpaired) electrons. The summed E-state index contributed by atoms with van der Waals surface area (Å²) in [6.07, 6.45) is 1.61. The largest absolute Gasteiger partial charge is 0.456 e. The Kier molecular flexibility index (Phi) is 7.43. The molecular weight excluding hydrogens is 529 g/mol. The van der Waals surface area contributed by atoms with E-state index >= 15 is 0 Å². The van der Waals surface area contributed by atoms with Crippen LogP contribution in [0.4, 0.5) is 10.1 Å². The van der Waals surface area contributed by atoms with Crippen molar-refractivity contribution in [1.82, 2.24) is 9.88 Å². The molecule has 4 rings (SSSR count). The molecule has 0 aliphatic rings. The van der Waals surface area contributed by atoms with Gasteiger partial charge >= 0.3 is 0 Å². The van der Waals surface area contributed by atoms with Gasteiger partial charge in [-0.3, -0.25) is 14.3 Å². The summed E-state index contributed by atoms with van der Waals surface area (Å²) in [7, 11) is -2.21. The lowest BCUT2D eigenvalue weighted by atomic mass is 10.0. The van der Waals surface area contributed by atoms with Gasteiger partial charge in [0.15, 0.2) is 0 Å². The first kappa shape index (κ1) is 27.1. The number of sulfonamides is 1. The number of halogens is 1. The lowest BCUT2D eigenvalue weighted by Gasteiger charge is -2.17. The Labute approximate surface area is 223 Å². The van der Waals surface area contributed by atoms with E-state index in [4.69, 9.17) is 4.74 Å². The topological polar surface area (TPSA) is 106 Å². The molecule has 1 amide bonds. The van der Waals surface area contributed by atoms with E-state index in [1.807, 2.05) is 0 Å². The number of aromatic nitrogens is 1. The molecule has 0 atom stereocenters. The first-order chi connectivity index (χ1) is 17.9. The lowest BCUT2D eigenvalue weighted by Crippen LogP contribution is -2.21. The van der Waals surface area contributed by atoms with Crippen LogP contribution in [-0.2, 0) is 17.1 Å². The highest BCUT2D eigenvalue weighted by Gasteiger charge is 2.21. The van der Waals surface area contributed by atoms with Crippen molar-refractivity contribution in [2.24, 2.45) is 7.05 Å². The zero-order valence-electron chi connectivity index (χ0n) is 21.2. The average Bonchev–Trinajstić information content (AvgIpc) is 3.30. The molecule has 0 aliphatic heterocycles. The Morgan fingerprint density at radius 1 is 1.16 bits per heavy atom. The number of amides is 1. The first-order valence-corrected chi connectivity index (χ1v) is 14.0. The summed E-state index contributed by atoms with van der Waals surface area (Å²) < 4.78 is 48.8. The molecule has 198 valence electrons. The van der Waals surface area contributed by atoms with Crippen molar-refractivity contribution in [1.29, 1.82) is 0 Å². The predicted octanol–water partition coefficient (Wildman–Crippen LogP) is 5.45. The van der Waals surface area contributed by atoms with Gasteiger partial charge < -0.3 is 14.6 Å². The van der Waals surface area contributed by atoms with Crippen LogP contribution in [0.1, 0.15) is 27.7 Å². The van der Waals surface area contributed by atoms with Crippen molar-refractivity contribution >= 4 is 43.0 Å². The highest BCUT2D eigenvalue weighted by molar-refractivity contribution is 7.95. The van der Waals surface area contributed by atoms with Crippen LogP contribution in [-0.4, -0.2) is 25.4 Å². The van der Waals surface area contributed by atoms with Gasteiger partial charge in [0.2, 0.25) is 0 Å². The molecule has 11 heteroatoms. The van der Waals surface area contributed by atoms with Crippen LogP contribution in [0.2, 0.25) is 0 Å². The highest BCUT2D eigenvalue weighted by Crippen LogP contribution is 2.41. The minimum absolute atomic E-state index is 0.237. The van der Waals surface area contributed by atoms with E-state index in [2.05, 4.69) is 16.6 Å². The second-order valence-corrected chi connectivity index (χ2v) is 11.3. The standard InChI is InChI=1S/C27H26FN3O5S2/c1-6-29-26(32)23-13-20-21(14-31(5)27(33)25(20)37-23)19-12-18(30-38(34,35)7-2)8-9-22(19)36-24-15(3)10-17(28)11-16(24)4/h7-14,30H,2,6H2,1,3-5H3,(H,29,32). The maximum atomic E-state index is 13.9. The Hall–Kier alpha value is -3.96. The van der Waals surface area contributed by atoms with Crippen LogP contribution >= 0.6 is 11.3 Å². The molecule has 0 unspecified atom stereocenters. The van der Waals surface area contributed by atoms with Crippen molar-refractivity contribution in [3.05, 3.63) is 86.8 Å². The summed E-state index contributed by atoms with van der Waals surface area (Å²) >= 11 is 1.08. The van der Waals surface area contributed by atoms with Gasteiger partial charge in [0.1, 0.15) is 22.0 Å². The van der Waals surface area contributed by atoms with Crippen molar-refractivity contribution < 1.29 is 22.3 Å². The number of pyridine rings is 1. The van der Waals surface area contributed by atoms with Crippen molar-refractivity contribution in [3.63, 3.8) is 0 Å². The molecule has 0 fully saturated rings. The van der Waals surface area contributed by atoms with Gasteiger partial charge in [-0.05, 0) is 68.3 Å². The molecule has 2 N–H and O–H groups in total. The first-order valence-electron chi connectivity index (χ1n) is 11.6. The van der Waals surface area contributed by atoms with Crippen LogP contribution in [0.5, 0.6) is 11.5 Å². The second-order valence-electron chi connectivity index (χ2n) is 8.67. The van der Waals surface area contributed by atoms with Crippen LogP contribution in [0.25, 0.3) is 21.2 Å². The summed E-state index contributed by atoms with van der Waals surface area (Å²) in [5, 5.41) is 4.05. The molecule has 0 saturated carbocycles. The van der Waals surface area contributed by atoms with E-state index in [1.165, 1.54) is 22.8 Å². The smallest absolute Gasteiger partial charge is 0.268 e. The summed E-state index contributed by atoms with van der Waals surface area (Å²) in [5.41, 5.74) is 2.11. The number of hydrogen-bond acceptors (Lipinski definition) is 6. The number of carbonyl (C=O) groups is 1. The zero-order valence-corrected chi connectivity index (χ0v) is 22.8. The van der Waals surface area contributed by atoms with Gasteiger partial charge in [0.05, 0.1) is 4.88 Å². The molecule has 2 heterocycles. The van der Waals surface area contributed by atoms with Crippen LogP contribution in [0, 0.1) is 19.7 Å². The van der Waals surface area contributed by atoms with Gasteiger partial charge in [-0.2, -0.15) is 0 Å². The van der Waals surface area contributed by atoms with Crippen molar-refractivity contribution in [2.45, 2.75) is 20.8 Å². The summed E-state index contributed by atoms with van der Waals surface area (Å²) in [5.74, 6) is 0.0949. The van der Waals surface area contributed by atoms with Gasteiger partial charge in [-0.25, -0.2) is 12.8 Å². The zero-order chi connectivity index (χ0) is 27.8. The lowest BCUT2D eigenvalue weighted by molar-refractivity contribution is 0.0960. The number of benzene rings is 2. The number of thiophene rings is 1. The number of anilines is 1. The Bertz CT molecular complexity index is 1730. The summed E-state index contributed by atoms with van der Waals surface area (Å²) in [6.45, 7) is 9.00. The molecule has 4 aromatic rings. The van der Waals surface area contributed by atoms with Crippen LogP contribution in [0.15, 0.2) is 59.4 Å². The van der Waals surface area contributed by atoms with E-state index in [1.54, 1.807) is 52.2 Å². The number of fused-ring (bicyclic) bond motifs is 1. The fraction of sp³-hybridized carbons (Fsp3) is 0.185. The Morgan fingerprint density at radius 2 is 1.84 bits per heavy atom. The third-order valence-electron chi connectivity index (χ3n) is 5.81. The van der Waals surface area contributed by atoms with E-state index < -0.39 is 15.8 Å². The fourth-order valence-electron chi connectivity index (χ4n) is 4.07. The number of nitrogens with one attached hydrogen (secondary N) is 2. The van der Waals surface area contributed by atoms with E-state index in [0.717, 1.165) is 16.7 Å². The van der Waals surface area contributed by atoms with Gasteiger partial charge in [0, 0.05) is 47.4 Å². The summed E-state index contributed by atoms with van der Waals surface area (Å²) in [4.78, 5) is 25.9. The van der Waals surface area contributed by atoms with Crippen LogP contribution < -0.4 is 20.3 Å². The minimum atomic E-state index is -3.81. The van der Waals surface area contributed by atoms with Crippen molar-refractivity contribution in [3.8, 4) is 22.6 Å². The third-order valence-corrected chi connectivity index (χ3v) is 7.89. The number of rotatable bonds is 8.